The summed E-state index contributed by atoms with van der Waals surface area (Å²) in [6, 6.07) is 58.9. The summed E-state index contributed by atoms with van der Waals surface area (Å²) in [5.41, 5.74) is 11.3. The molecule has 0 atom stereocenters. The molecule has 0 amide bonds. The van der Waals surface area contributed by atoms with Crippen LogP contribution in [0.15, 0.2) is 175 Å². The normalized spacial score (nSPS) is 13.3. The lowest BCUT2D eigenvalue weighted by Crippen LogP contribution is -2.19. The monoisotopic (exact) mass is 730 g/mol. The Kier molecular flexibility index (Phi) is 6.48. The summed E-state index contributed by atoms with van der Waals surface area (Å²) >= 11 is 0. The van der Waals surface area contributed by atoms with Crippen molar-refractivity contribution in [2.75, 3.05) is 0 Å². The quantitative estimate of drug-likeness (QED) is 0.170. The molecule has 3 heterocycles. The highest BCUT2D eigenvalue weighted by Crippen LogP contribution is 2.50. The van der Waals surface area contributed by atoms with Crippen molar-refractivity contribution in [3.05, 3.63) is 191 Å². The molecule has 0 spiro atoms. The average molecular weight is 731 g/mol. The molecule has 268 valence electrons. The number of aromatic nitrogens is 4. The Morgan fingerprint density at radius 3 is 1.82 bits per heavy atom. The molecule has 1 aliphatic carbocycles. The van der Waals surface area contributed by atoms with Crippen LogP contribution < -0.4 is 5.56 Å². The van der Waals surface area contributed by atoms with E-state index in [4.69, 9.17) is 9.97 Å². The predicted octanol–water partition coefficient (Wildman–Crippen LogP) is 12.3. The molecule has 0 radical (unpaired) electrons. The van der Waals surface area contributed by atoms with E-state index in [1.165, 1.54) is 22.3 Å². The maximum Gasteiger partial charge on any atom is 0.264 e. The fourth-order valence-electron chi connectivity index (χ4n) is 9.78. The molecule has 0 fully saturated rings. The molecule has 1 aliphatic rings. The summed E-state index contributed by atoms with van der Waals surface area (Å²) < 4.78 is 4.07. The summed E-state index contributed by atoms with van der Waals surface area (Å²) in [6.07, 6.45) is 0. The third-order valence-electron chi connectivity index (χ3n) is 12.3. The molecule has 11 aromatic rings. The third kappa shape index (κ3) is 4.31. The van der Waals surface area contributed by atoms with Crippen LogP contribution in [-0.2, 0) is 5.41 Å². The zero-order valence-electron chi connectivity index (χ0n) is 31.4. The number of hydrogen-bond donors (Lipinski definition) is 0. The first kappa shape index (κ1) is 31.9. The van der Waals surface area contributed by atoms with Gasteiger partial charge in [-0.05, 0) is 69.4 Å². The van der Waals surface area contributed by atoms with Crippen molar-refractivity contribution in [2.45, 2.75) is 19.3 Å². The topological polar surface area (TPSA) is 52.7 Å². The van der Waals surface area contributed by atoms with Crippen LogP contribution in [0.25, 0.3) is 99.2 Å². The molecule has 5 heteroatoms. The number of hydrogen-bond acceptors (Lipinski definition) is 3. The summed E-state index contributed by atoms with van der Waals surface area (Å²) in [5, 5.41) is 7.63. The van der Waals surface area contributed by atoms with Gasteiger partial charge in [0.1, 0.15) is 0 Å². The van der Waals surface area contributed by atoms with E-state index in [1.807, 2.05) is 53.1 Å². The van der Waals surface area contributed by atoms with Crippen molar-refractivity contribution in [2.24, 2.45) is 0 Å². The Morgan fingerprint density at radius 2 is 1.05 bits per heavy atom. The number of nitrogens with zero attached hydrogens (tertiary/aromatic N) is 4. The van der Waals surface area contributed by atoms with Gasteiger partial charge >= 0.3 is 0 Å². The van der Waals surface area contributed by atoms with Gasteiger partial charge in [0, 0.05) is 43.6 Å². The van der Waals surface area contributed by atoms with Crippen molar-refractivity contribution in [1.82, 2.24) is 19.1 Å². The minimum absolute atomic E-state index is 0.0633. The Labute approximate surface area is 327 Å². The number of fused-ring (bicyclic) bond motifs is 14. The van der Waals surface area contributed by atoms with E-state index in [0.29, 0.717) is 11.3 Å². The first-order chi connectivity index (χ1) is 28.0. The van der Waals surface area contributed by atoms with Gasteiger partial charge < -0.3 is 0 Å². The van der Waals surface area contributed by atoms with Gasteiger partial charge in [0.05, 0.1) is 33.1 Å². The van der Waals surface area contributed by atoms with Crippen molar-refractivity contribution >= 4 is 65.2 Å². The van der Waals surface area contributed by atoms with Crippen molar-refractivity contribution < 1.29 is 0 Å². The molecular weight excluding hydrogens is 697 g/mol. The number of pyridine rings is 1. The second kappa shape index (κ2) is 11.6. The summed E-state index contributed by atoms with van der Waals surface area (Å²) in [7, 11) is 0. The van der Waals surface area contributed by atoms with Gasteiger partial charge in [-0.2, -0.15) is 0 Å². The maximum atomic E-state index is 15.2. The highest BCUT2D eigenvalue weighted by molar-refractivity contribution is 6.35. The molecular formula is C52H34N4O. The van der Waals surface area contributed by atoms with E-state index in [9.17, 15) is 0 Å². The SMILES string of the molecule is CC1(C)c2ccccc2-c2ccc(-c3nc(-n4c5ccccc5c5c6ccccc6c6c(=O)n(-c7ccccc7)c7ccccc7c6c54)nc4ccccc34)cc21. The molecule has 0 N–H and O–H groups in total. The number of benzene rings is 8. The van der Waals surface area contributed by atoms with Crippen LogP contribution in [0.5, 0.6) is 0 Å². The van der Waals surface area contributed by atoms with Gasteiger partial charge in [-0.25, -0.2) is 9.97 Å². The Morgan fingerprint density at radius 1 is 0.474 bits per heavy atom. The second-order valence-corrected chi connectivity index (χ2v) is 15.7. The standard InChI is InChI=1S/C52H34N4O/c1-52(2)40-24-12-8-18-33(40)34-29-28-31(30-41(34)52)48-37-21-9-13-25-42(37)53-51(54-48)56-44-27-15-10-22-38(44)45-35-19-6-7-20-36(35)47-46(49(45)56)39-23-11-14-26-43(39)55(50(47)57)32-16-4-3-5-17-32/h3-30H,1-2H3. The minimum Gasteiger partial charge on any atom is -0.277 e. The lowest BCUT2D eigenvalue weighted by Gasteiger charge is -2.22. The second-order valence-electron chi connectivity index (χ2n) is 15.7. The first-order valence-electron chi connectivity index (χ1n) is 19.5. The Hall–Kier alpha value is -7.37. The molecule has 0 saturated heterocycles. The smallest absolute Gasteiger partial charge is 0.264 e. The van der Waals surface area contributed by atoms with Crippen LogP contribution in [0.2, 0.25) is 0 Å². The van der Waals surface area contributed by atoms with Gasteiger partial charge in [0.25, 0.3) is 5.56 Å². The molecule has 0 saturated carbocycles. The van der Waals surface area contributed by atoms with Gasteiger partial charge in [0.2, 0.25) is 5.95 Å². The lowest BCUT2D eigenvalue weighted by atomic mass is 9.82. The van der Waals surface area contributed by atoms with Crippen LogP contribution in [0.1, 0.15) is 25.0 Å². The molecule has 57 heavy (non-hydrogen) atoms. The van der Waals surface area contributed by atoms with E-state index in [1.54, 1.807) is 0 Å². The van der Waals surface area contributed by atoms with E-state index in [0.717, 1.165) is 76.7 Å². The van der Waals surface area contributed by atoms with E-state index < -0.39 is 0 Å². The van der Waals surface area contributed by atoms with Crippen LogP contribution in [-0.4, -0.2) is 19.1 Å². The number of rotatable bonds is 3. The first-order valence-corrected chi connectivity index (χ1v) is 19.5. The molecule has 0 aliphatic heterocycles. The van der Waals surface area contributed by atoms with Gasteiger partial charge in [-0.3, -0.25) is 13.9 Å². The molecule has 3 aromatic heterocycles. The predicted molar refractivity (Wildman–Crippen MR) is 235 cm³/mol. The molecule has 0 bridgehead atoms. The fraction of sp³-hybridized carbons (Fsp3) is 0.0577. The van der Waals surface area contributed by atoms with E-state index in [2.05, 4.69) is 140 Å². The largest absolute Gasteiger partial charge is 0.277 e. The number of para-hydroxylation sites is 4. The van der Waals surface area contributed by atoms with Gasteiger partial charge in [-0.15, -0.1) is 0 Å². The van der Waals surface area contributed by atoms with Crippen molar-refractivity contribution in [1.29, 1.82) is 0 Å². The lowest BCUT2D eigenvalue weighted by molar-refractivity contribution is 0.660. The summed E-state index contributed by atoms with van der Waals surface area (Å²) in [5.74, 6) is 0.561. The zero-order valence-corrected chi connectivity index (χ0v) is 31.4. The Balaban J connectivity index is 1.24. The average Bonchev–Trinajstić information content (AvgIpc) is 3.72. The van der Waals surface area contributed by atoms with Crippen LogP contribution in [0.4, 0.5) is 0 Å². The highest BCUT2D eigenvalue weighted by atomic mass is 16.1. The summed E-state index contributed by atoms with van der Waals surface area (Å²) in [6.45, 7) is 4.63. The maximum absolute atomic E-state index is 15.2. The minimum atomic E-state index is -0.159. The molecule has 8 aromatic carbocycles. The van der Waals surface area contributed by atoms with Crippen LogP contribution >= 0.6 is 0 Å². The van der Waals surface area contributed by atoms with Crippen LogP contribution in [0.3, 0.4) is 0 Å². The summed E-state index contributed by atoms with van der Waals surface area (Å²) in [4.78, 5) is 26.1. The fourth-order valence-corrected chi connectivity index (χ4v) is 9.78. The van der Waals surface area contributed by atoms with E-state index in [-0.39, 0.29) is 11.0 Å². The van der Waals surface area contributed by atoms with Crippen LogP contribution in [0, 0.1) is 0 Å². The van der Waals surface area contributed by atoms with E-state index >= 15 is 4.79 Å². The third-order valence-corrected chi connectivity index (χ3v) is 12.3. The van der Waals surface area contributed by atoms with Gasteiger partial charge in [0.15, 0.2) is 0 Å². The van der Waals surface area contributed by atoms with Crippen molar-refractivity contribution in [3.63, 3.8) is 0 Å². The Bertz CT molecular complexity index is 3580. The molecule has 5 nitrogen and oxygen atoms in total. The molecule has 12 rings (SSSR count). The highest BCUT2D eigenvalue weighted by Gasteiger charge is 2.35. The van der Waals surface area contributed by atoms with Crippen molar-refractivity contribution in [3.8, 4) is 34.0 Å². The van der Waals surface area contributed by atoms with Gasteiger partial charge in [-0.1, -0.05) is 147 Å². The zero-order chi connectivity index (χ0) is 38.0. The molecule has 0 unspecified atom stereocenters.